The maximum atomic E-state index is 11.8. The van der Waals surface area contributed by atoms with E-state index in [0.29, 0.717) is 0 Å². The molecule has 0 bridgehead atoms. The van der Waals surface area contributed by atoms with Gasteiger partial charge in [-0.1, -0.05) is 57.9 Å². The minimum atomic E-state index is -0.406. The standard InChI is InChI=1S/C16H23NO/c1-15(2,3)12-6-8-13(9-7-12)16(14(17)18)10-4-5-11-16/h6-9H,4-5,10-11H2,1-3H3,(H2,17,18). The first kappa shape index (κ1) is 13.1. The van der Waals surface area contributed by atoms with Crippen molar-refractivity contribution in [2.75, 3.05) is 0 Å². The van der Waals surface area contributed by atoms with Gasteiger partial charge in [0.1, 0.15) is 0 Å². The van der Waals surface area contributed by atoms with Crippen LogP contribution in [0, 0.1) is 0 Å². The highest BCUT2D eigenvalue weighted by Gasteiger charge is 2.41. The van der Waals surface area contributed by atoms with Gasteiger partial charge in [0.15, 0.2) is 0 Å². The Morgan fingerprint density at radius 1 is 1.11 bits per heavy atom. The monoisotopic (exact) mass is 245 g/mol. The van der Waals surface area contributed by atoms with Crippen LogP contribution >= 0.6 is 0 Å². The zero-order chi connectivity index (χ0) is 13.4. The molecule has 2 nitrogen and oxygen atoms in total. The van der Waals surface area contributed by atoms with E-state index in [1.54, 1.807) is 0 Å². The van der Waals surface area contributed by atoms with Crippen LogP contribution < -0.4 is 5.73 Å². The fraction of sp³-hybridized carbons (Fsp3) is 0.562. The third-order valence-corrected chi connectivity index (χ3v) is 4.23. The van der Waals surface area contributed by atoms with Gasteiger partial charge in [-0.25, -0.2) is 0 Å². The fourth-order valence-electron chi connectivity index (χ4n) is 2.95. The summed E-state index contributed by atoms with van der Waals surface area (Å²) < 4.78 is 0. The smallest absolute Gasteiger partial charge is 0.228 e. The van der Waals surface area contributed by atoms with Gasteiger partial charge in [-0.15, -0.1) is 0 Å². The van der Waals surface area contributed by atoms with Crippen molar-refractivity contribution in [2.24, 2.45) is 5.73 Å². The molecule has 1 aliphatic rings. The van der Waals surface area contributed by atoms with E-state index >= 15 is 0 Å². The molecule has 1 amide bonds. The molecule has 0 aliphatic heterocycles. The molecular formula is C16H23NO. The van der Waals surface area contributed by atoms with Crippen molar-refractivity contribution in [3.8, 4) is 0 Å². The number of rotatable bonds is 2. The number of amides is 1. The Balaban J connectivity index is 2.36. The molecule has 0 atom stereocenters. The minimum Gasteiger partial charge on any atom is -0.369 e. The molecule has 1 aromatic rings. The quantitative estimate of drug-likeness (QED) is 0.853. The molecule has 98 valence electrons. The van der Waals surface area contributed by atoms with E-state index in [4.69, 9.17) is 5.73 Å². The molecule has 0 unspecified atom stereocenters. The Morgan fingerprint density at radius 3 is 2.00 bits per heavy atom. The van der Waals surface area contributed by atoms with Crippen molar-refractivity contribution in [1.82, 2.24) is 0 Å². The summed E-state index contributed by atoms with van der Waals surface area (Å²) in [5.41, 5.74) is 7.78. The molecule has 0 aromatic heterocycles. The van der Waals surface area contributed by atoms with Crippen LogP contribution in [0.15, 0.2) is 24.3 Å². The minimum absolute atomic E-state index is 0.147. The molecule has 0 heterocycles. The first-order chi connectivity index (χ1) is 8.36. The van der Waals surface area contributed by atoms with Gasteiger partial charge in [0.25, 0.3) is 0 Å². The number of carbonyl (C=O) groups excluding carboxylic acids is 1. The van der Waals surface area contributed by atoms with Gasteiger partial charge in [0.05, 0.1) is 5.41 Å². The zero-order valence-corrected chi connectivity index (χ0v) is 11.6. The van der Waals surface area contributed by atoms with E-state index in [1.165, 1.54) is 5.56 Å². The second-order valence-corrected chi connectivity index (χ2v) is 6.48. The molecule has 0 radical (unpaired) electrons. The second kappa shape index (κ2) is 4.42. The van der Waals surface area contributed by atoms with Gasteiger partial charge in [0, 0.05) is 0 Å². The van der Waals surface area contributed by atoms with Crippen LogP contribution in [0.2, 0.25) is 0 Å². The van der Waals surface area contributed by atoms with Crippen LogP contribution in [0.5, 0.6) is 0 Å². The third kappa shape index (κ3) is 2.16. The largest absolute Gasteiger partial charge is 0.369 e. The maximum Gasteiger partial charge on any atom is 0.228 e. The Bertz CT molecular complexity index is 433. The van der Waals surface area contributed by atoms with Gasteiger partial charge in [-0.2, -0.15) is 0 Å². The Hall–Kier alpha value is -1.31. The molecule has 1 aliphatic carbocycles. The van der Waals surface area contributed by atoms with Gasteiger partial charge in [0.2, 0.25) is 5.91 Å². The van der Waals surface area contributed by atoms with Crippen LogP contribution in [0.1, 0.15) is 57.6 Å². The first-order valence-electron chi connectivity index (χ1n) is 6.77. The van der Waals surface area contributed by atoms with Crippen molar-refractivity contribution < 1.29 is 4.79 Å². The lowest BCUT2D eigenvalue weighted by atomic mass is 9.77. The van der Waals surface area contributed by atoms with Crippen molar-refractivity contribution in [3.63, 3.8) is 0 Å². The summed E-state index contributed by atoms with van der Waals surface area (Å²) in [6, 6.07) is 8.46. The zero-order valence-electron chi connectivity index (χ0n) is 11.6. The molecule has 1 aromatic carbocycles. The lowest BCUT2D eigenvalue weighted by Crippen LogP contribution is -2.38. The van der Waals surface area contributed by atoms with Gasteiger partial charge < -0.3 is 5.73 Å². The summed E-state index contributed by atoms with van der Waals surface area (Å²) >= 11 is 0. The SMILES string of the molecule is CC(C)(C)c1ccc(C2(C(N)=O)CCCC2)cc1. The number of carbonyl (C=O) groups is 1. The number of hydrogen-bond acceptors (Lipinski definition) is 1. The number of benzene rings is 1. The summed E-state index contributed by atoms with van der Waals surface area (Å²) in [5, 5.41) is 0. The highest BCUT2D eigenvalue weighted by Crippen LogP contribution is 2.41. The summed E-state index contributed by atoms with van der Waals surface area (Å²) in [6.45, 7) is 6.59. The van der Waals surface area contributed by atoms with E-state index in [9.17, 15) is 4.79 Å². The summed E-state index contributed by atoms with van der Waals surface area (Å²) in [6.07, 6.45) is 4.00. The van der Waals surface area contributed by atoms with E-state index < -0.39 is 5.41 Å². The average molecular weight is 245 g/mol. The van der Waals surface area contributed by atoms with Crippen molar-refractivity contribution >= 4 is 5.91 Å². The molecule has 0 spiro atoms. The molecule has 1 saturated carbocycles. The van der Waals surface area contributed by atoms with E-state index in [1.807, 2.05) is 0 Å². The molecule has 18 heavy (non-hydrogen) atoms. The Kier molecular flexibility index (Phi) is 3.22. The Labute approximate surface area is 110 Å². The summed E-state index contributed by atoms with van der Waals surface area (Å²) in [5.74, 6) is -0.163. The highest BCUT2D eigenvalue weighted by atomic mass is 16.1. The molecular weight excluding hydrogens is 222 g/mol. The number of primary amides is 1. The predicted octanol–water partition coefficient (Wildman–Crippen LogP) is 3.28. The Morgan fingerprint density at radius 2 is 1.61 bits per heavy atom. The number of nitrogens with two attached hydrogens (primary N) is 1. The molecule has 2 N–H and O–H groups in total. The van der Waals surface area contributed by atoms with Gasteiger partial charge in [-0.05, 0) is 29.4 Å². The van der Waals surface area contributed by atoms with Gasteiger partial charge in [-0.3, -0.25) is 4.79 Å². The molecule has 1 fully saturated rings. The lowest BCUT2D eigenvalue weighted by molar-refractivity contribution is -0.123. The maximum absolute atomic E-state index is 11.8. The van der Waals surface area contributed by atoms with Crippen LogP contribution in [0.25, 0.3) is 0 Å². The average Bonchev–Trinajstić information content (AvgIpc) is 2.78. The molecule has 0 saturated heterocycles. The molecule has 2 heteroatoms. The third-order valence-electron chi connectivity index (χ3n) is 4.23. The van der Waals surface area contributed by atoms with Crippen molar-refractivity contribution in [3.05, 3.63) is 35.4 Å². The van der Waals surface area contributed by atoms with Crippen LogP contribution in [0.3, 0.4) is 0 Å². The summed E-state index contributed by atoms with van der Waals surface area (Å²) in [7, 11) is 0. The highest BCUT2D eigenvalue weighted by molar-refractivity contribution is 5.87. The van der Waals surface area contributed by atoms with Crippen LogP contribution in [-0.2, 0) is 15.6 Å². The lowest BCUT2D eigenvalue weighted by Gasteiger charge is -2.27. The van der Waals surface area contributed by atoms with E-state index in [0.717, 1.165) is 31.2 Å². The fourth-order valence-corrected chi connectivity index (χ4v) is 2.95. The van der Waals surface area contributed by atoms with Gasteiger partial charge >= 0.3 is 0 Å². The number of hydrogen-bond donors (Lipinski definition) is 1. The topological polar surface area (TPSA) is 43.1 Å². The van der Waals surface area contributed by atoms with E-state index in [2.05, 4.69) is 45.0 Å². The van der Waals surface area contributed by atoms with E-state index in [-0.39, 0.29) is 11.3 Å². The van der Waals surface area contributed by atoms with Crippen LogP contribution in [-0.4, -0.2) is 5.91 Å². The van der Waals surface area contributed by atoms with Crippen LogP contribution in [0.4, 0.5) is 0 Å². The first-order valence-corrected chi connectivity index (χ1v) is 6.77. The van der Waals surface area contributed by atoms with Crippen molar-refractivity contribution in [1.29, 1.82) is 0 Å². The second-order valence-electron chi connectivity index (χ2n) is 6.48. The predicted molar refractivity (Wildman–Crippen MR) is 74.5 cm³/mol. The van der Waals surface area contributed by atoms with Crippen molar-refractivity contribution in [2.45, 2.75) is 57.3 Å². The summed E-state index contributed by atoms with van der Waals surface area (Å²) in [4.78, 5) is 11.8. The molecule has 2 rings (SSSR count). The normalized spacial score (nSPS) is 18.8.